The van der Waals surface area contributed by atoms with E-state index in [1.54, 1.807) is 0 Å². The average Bonchev–Trinajstić information content (AvgIpc) is 3.27. The first kappa shape index (κ1) is 18.1. The minimum Gasteiger partial charge on any atom is -0.454 e. The molecule has 0 unspecified atom stereocenters. The Morgan fingerprint density at radius 3 is 3.04 bits per heavy atom. The van der Waals surface area contributed by atoms with Crippen LogP contribution in [-0.4, -0.2) is 35.7 Å². The zero-order valence-corrected chi connectivity index (χ0v) is 16.4. The van der Waals surface area contributed by atoms with E-state index in [9.17, 15) is 4.79 Å². The van der Waals surface area contributed by atoms with E-state index >= 15 is 0 Å². The number of thiazole rings is 1. The van der Waals surface area contributed by atoms with E-state index in [4.69, 9.17) is 15.2 Å². The summed E-state index contributed by atoms with van der Waals surface area (Å²) in [5.74, 6) is 1.84. The number of nitrogens with two attached hydrogens (primary N) is 1. The molecular formula is C20H25N3O3S. The predicted octanol–water partition coefficient (Wildman–Crippen LogP) is 3.26. The smallest absolute Gasteiger partial charge is 0.231 e. The van der Waals surface area contributed by atoms with Gasteiger partial charge in [-0.2, -0.15) is 0 Å². The standard InChI is InChI=1S/C20H25N3O3S/c1-20(10-14-3-5-16-17(9-14)26-13-25-16)7-2-8-23(12-20)18(24)6-4-15-11-27-19(21)22-15/h3,5,9,11H,2,4,6-8,10,12-13H2,1H3,(H2,21,22)/t20-/m1/s1. The number of hydrogen-bond donors (Lipinski definition) is 1. The van der Waals surface area contributed by atoms with Gasteiger partial charge in [0, 0.05) is 24.9 Å². The van der Waals surface area contributed by atoms with E-state index in [1.165, 1.54) is 16.9 Å². The van der Waals surface area contributed by atoms with Crippen LogP contribution < -0.4 is 15.2 Å². The number of anilines is 1. The first-order chi connectivity index (χ1) is 13.0. The Bertz CT molecular complexity index is 838. The number of hydrogen-bond acceptors (Lipinski definition) is 6. The van der Waals surface area contributed by atoms with Crippen molar-refractivity contribution in [1.29, 1.82) is 0 Å². The Kier molecular flexibility index (Phi) is 4.95. The van der Waals surface area contributed by atoms with Gasteiger partial charge in [-0.05, 0) is 48.8 Å². The predicted molar refractivity (Wildman–Crippen MR) is 105 cm³/mol. The lowest BCUT2D eigenvalue weighted by Gasteiger charge is -2.41. The van der Waals surface area contributed by atoms with Gasteiger partial charge in [0.2, 0.25) is 12.7 Å². The molecule has 1 aromatic heterocycles. The summed E-state index contributed by atoms with van der Waals surface area (Å²) in [7, 11) is 0. The lowest BCUT2D eigenvalue weighted by atomic mass is 9.77. The van der Waals surface area contributed by atoms with Gasteiger partial charge in [0.1, 0.15) is 0 Å². The number of aromatic nitrogens is 1. The number of rotatable bonds is 5. The van der Waals surface area contributed by atoms with Gasteiger partial charge in [-0.25, -0.2) is 4.98 Å². The van der Waals surface area contributed by atoms with Gasteiger partial charge in [0.05, 0.1) is 5.69 Å². The highest BCUT2D eigenvalue weighted by Gasteiger charge is 2.33. The summed E-state index contributed by atoms with van der Waals surface area (Å²) in [6.45, 7) is 4.20. The first-order valence-electron chi connectivity index (χ1n) is 9.37. The van der Waals surface area contributed by atoms with Gasteiger partial charge >= 0.3 is 0 Å². The van der Waals surface area contributed by atoms with Gasteiger partial charge in [0.25, 0.3) is 0 Å². The van der Waals surface area contributed by atoms with Crippen molar-refractivity contribution in [3.8, 4) is 11.5 Å². The highest BCUT2D eigenvalue weighted by molar-refractivity contribution is 7.13. The van der Waals surface area contributed by atoms with E-state index in [0.717, 1.165) is 49.5 Å². The van der Waals surface area contributed by atoms with Crippen LogP contribution in [0.4, 0.5) is 5.13 Å². The number of benzene rings is 1. The Morgan fingerprint density at radius 2 is 2.22 bits per heavy atom. The Labute approximate surface area is 163 Å². The molecule has 2 aliphatic rings. The zero-order chi connectivity index (χ0) is 18.9. The molecule has 1 amide bonds. The Balaban J connectivity index is 1.36. The Morgan fingerprint density at radius 1 is 1.37 bits per heavy atom. The molecule has 1 aromatic carbocycles. The van der Waals surface area contributed by atoms with Crippen molar-refractivity contribution in [2.75, 3.05) is 25.6 Å². The molecular weight excluding hydrogens is 362 g/mol. The molecule has 0 bridgehead atoms. The number of nitrogens with zero attached hydrogens (tertiary/aromatic N) is 2. The van der Waals surface area contributed by atoms with Gasteiger partial charge < -0.3 is 20.1 Å². The third-order valence-electron chi connectivity index (χ3n) is 5.37. The number of aryl methyl sites for hydroxylation is 1. The van der Waals surface area contributed by atoms with Crippen LogP contribution >= 0.6 is 11.3 Å². The SMILES string of the molecule is C[C@]1(Cc2ccc3c(c2)OCO3)CCCN(C(=O)CCc2csc(N)n2)C1. The van der Waals surface area contributed by atoms with E-state index in [2.05, 4.69) is 24.0 Å². The number of carbonyl (C=O) groups excluding carboxylic acids is 1. The van der Waals surface area contributed by atoms with Crippen LogP contribution in [0.25, 0.3) is 0 Å². The fourth-order valence-corrected chi connectivity index (χ4v) is 4.64. The summed E-state index contributed by atoms with van der Waals surface area (Å²) in [5.41, 5.74) is 7.88. The number of ether oxygens (including phenoxy) is 2. The molecule has 3 heterocycles. The van der Waals surface area contributed by atoms with Crippen LogP contribution in [0.1, 0.15) is 37.4 Å². The molecule has 0 spiro atoms. The fraction of sp³-hybridized carbons (Fsp3) is 0.500. The highest BCUT2D eigenvalue weighted by atomic mass is 32.1. The second-order valence-corrected chi connectivity index (χ2v) is 8.66. The lowest BCUT2D eigenvalue weighted by molar-refractivity contribution is -0.134. The van der Waals surface area contributed by atoms with Crippen LogP contribution in [0, 0.1) is 5.41 Å². The summed E-state index contributed by atoms with van der Waals surface area (Å²) in [6.07, 6.45) is 4.23. The number of carbonyl (C=O) groups is 1. The summed E-state index contributed by atoms with van der Waals surface area (Å²) in [4.78, 5) is 19.0. The molecule has 2 aromatic rings. The van der Waals surface area contributed by atoms with Crippen LogP contribution in [0.3, 0.4) is 0 Å². The second-order valence-electron chi connectivity index (χ2n) is 7.77. The molecule has 1 saturated heterocycles. The highest BCUT2D eigenvalue weighted by Crippen LogP contribution is 2.37. The molecule has 1 atom stereocenters. The summed E-state index contributed by atoms with van der Waals surface area (Å²) in [5, 5.41) is 2.49. The molecule has 27 heavy (non-hydrogen) atoms. The van der Waals surface area contributed by atoms with Crippen LogP contribution in [0.2, 0.25) is 0 Å². The van der Waals surface area contributed by atoms with Gasteiger partial charge in [-0.15, -0.1) is 11.3 Å². The van der Waals surface area contributed by atoms with E-state index in [0.29, 0.717) is 24.8 Å². The molecule has 144 valence electrons. The molecule has 4 rings (SSSR count). The van der Waals surface area contributed by atoms with Crippen molar-refractivity contribution in [3.05, 3.63) is 34.8 Å². The van der Waals surface area contributed by atoms with E-state index in [1.807, 2.05) is 16.3 Å². The van der Waals surface area contributed by atoms with Crippen molar-refractivity contribution in [1.82, 2.24) is 9.88 Å². The molecule has 7 heteroatoms. The maximum Gasteiger partial charge on any atom is 0.231 e. The minimum absolute atomic E-state index is 0.0761. The second kappa shape index (κ2) is 7.38. The van der Waals surface area contributed by atoms with Crippen LogP contribution in [-0.2, 0) is 17.6 Å². The maximum atomic E-state index is 12.7. The summed E-state index contributed by atoms with van der Waals surface area (Å²) in [6, 6.07) is 6.15. The minimum atomic E-state index is 0.0761. The Hall–Kier alpha value is -2.28. The third kappa shape index (κ3) is 4.18. The van der Waals surface area contributed by atoms with Crippen LogP contribution in [0.15, 0.2) is 23.6 Å². The summed E-state index contributed by atoms with van der Waals surface area (Å²) >= 11 is 1.42. The van der Waals surface area contributed by atoms with Crippen LogP contribution in [0.5, 0.6) is 11.5 Å². The van der Waals surface area contributed by atoms with Crippen molar-refractivity contribution in [2.24, 2.45) is 5.41 Å². The van der Waals surface area contributed by atoms with Crippen molar-refractivity contribution >= 4 is 22.4 Å². The number of amides is 1. The zero-order valence-electron chi connectivity index (χ0n) is 15.6. The topological polar surface area (TPSA) is 77.7 Å². The van der Waals surface area contributed by atoms with Gasteiger partial charge in [0.15, 0.2) is 16.6 Å². The third-order valence-corrected chi connectivity index (χ3v) is 6.09. The number of fused-ring (bicyclic) bond motifs is 1. The molecule has 2 aliphatic heterocycles. The number of piperidine rings is 1. The lowest BCUT2D eigenvalue weighted by Crippen LogP contribution is -2.45. The normalized spacial score (nSPS) is 21.4. The molecule has 0 saturated carbocycles. The van der Waals surface area contributed by atoms with E-state index < -0.39 is 0 Å². The van der Waals surface area contributed by atoms with Gasteiger partial charge in [-0.1, -0.05) is 13.0 Å². The fourth-order valence-electron chi connectivity index (χ4n) is 4.05. The monoisotopic (exact) mass is 387 g/mol. The molecule has 0 aliphatic carbocycles. The molecule has 2 N–H and O–H groups in total. The number of likely N-dealkylation sites (tertiary alicyclic amines) is 1. The molecule has 1 fully saturated rings. The van der Waals surface area contributed by atoms with E-state index in [-0.39, 0.29) is 11.3 Å². The average molecular weight is 388 g/mol. The number of nitrogen functional groups attached to an aromatic ring is 1. The summed E-state index contributed by atoms with van der Waals surface area (Å²) < 4.78 is 10.9. The molecule has 6 nitrogen and oxygen atoms in total. The van der Waals surface area contributed by atoms with Gasteiger partial charge in [-0.3, -0.25) is 4.79 Å². The largest absolute Gasteiger partial charge is 0.454 e. The first-order valence-corrected chi connectivity index (χ1v) is 10.2. The van der Waals surface area contributed by atoms with Crippen molar-refractivity contribution in [3.63, 3.8) is 0 Å². The van der Waals surface area contributed by atoms with Crippen molar-refractivity contribution in [2.45, 2.75) is 39.0 Å². The van der Waals surface area contributed by atoms with Crippen molar-refractivity contribution < 1.29 is 14.3 Å². The quantitative estimate of drug-likeness (QED) is 0.852. The maximum absolute atomic E-state index is 12.7. The molecule has 0 radical (unpaired) electrons.